The standard InChI is InChI=1S/C20H20F3N5O/c1-11-15(9-24-16(11)18(29)27-12(2)17-25-10-26-28-17)19(6-7-19)13-4-3-5-14(8-13)20(21,22)23/h3-5,8-10,12,24H,6-7H2,1-2H3,(H,27,29)(H,25,26,28). The minimum Gasteiger partial charge on any atom is -0.357 e. The Kier molecular flexibility index (Phi) is 4.48. The van der Waals surface area contributed by atoms with Crippen LogP contribution in [-0.4, -0.2) is 26.1 Å². The molecule has 1 fully saturated rings. The highest BCUT2D eigenvalue weighted by Crippen LogP contribution is 2.55. The van der Waals surface area contributed by atoms with Crippen LogP contribution in [0.5, 0.6) is 0 Å². The number of alkyl halides is 3. The molecule has 6 nitrogen and oxygen atoms in total. The summed E-state index contributed by atoms with van der Waals surface area (Å²) in [4.78, 5) is 19.7. The Hall–Kier alpha value is -3.10. The molecule has 1 unspecified atom stereocenters. The molecule has 9 heteroatoms. The van der Waals surface area contributed by atoms with Gasteiger partial charge in [-0.3, -0.25) is 9.89 Å². The van der Waals surface area contributed by atoms with Gasteiger partial charge in [0.2, 0.25) is 0 Å². The lowest BCUT2D eigenvalue weighted by molar-refractivity contribution is -0.137. The van der Waals surface area contributed by atoms with Crippen LogP contribution in [-0.2, 0) is 11.6 Å². The average molecular weight is 403 g/mol. The highest BCUT2D eigenvalue weighted by molar-refractivity contribution is 5.94. The minimum absolute atomic E-state index is 0.308. The van der Waals surface area contributed by atoms with E-state index in [0.717, 1.165) is 30.0 Å². The van der Waals surface area contributed by atoms with E-state index >= 15 is 0 Å². The lowest BCUT2D eigenvalue weighted by atomic mass is 9.86. The number of aromatic nitrogens is 4. The Bertz CT molecular complexity index is 1030. The first-order chi connectivity index (χ1) is 13.7. The van der Waals surface area contributed by atoms with Crippen molar-refractivity contribution in [1.82, 2.24) is 25.5 Å². The van der Waals surface area contributed by atoms with Crippen LogP contribution in [0.4, 0.5) is 13.2 Å². The molecule has 0 bridgehead atoms. The number of hydrogen-bond donors (Lipinski definition) is 3. The highest BCUT2D eigenvalue weighted by atomic mass is 19.4. The van der Waals surface area contributed by atoms with Crippen LogP contribution < -0.4 is 5.32 Å². The zero-order valence-corrected chi connectivity index (χ0v) is 15.9. The van der Waals surface area contributed by atoms with Crippen LogP contribution in [0.3, 0.4) is 0 Å². The summed E-state index contributed by atoms with van der Waals surface area (Å²) < 4.78 is 39.4. The van der Waals surface area contributed by atoms with Gasteiger partial charge >= 0.3 is 6.18 Å². The molecule has 1 atom stereocenters. The summed E-state index contributed by atoms with van der Waals surface area (Å²) >= 11 is 0. The minimum atomic E-state index is -4.39. The van der Waals surface area contributed by atoms with Gasteiger partial charge in [0, 0.05) is 11.6 Å². The predicted molar refractivity (Wildman–Crippen MR) is 99.3 cm³/mol. The largest absolute Gasteiger partial charge is 0.416 e. The van der Waals surface area contributed by atoms with Crippen molar-refractivity contribution in [1.29, 1.82) is 0 Å². The number of nitrogens with one attached hydrogen (secondary N) is 3. The number of aromatic amines is 2. The molecule has 0 spiro atoms. The maximum absolute atomic E-state index is 13.1. The van der Waals surface area contributed by atoms with Gasteiger partial charge in [0.05, 0.1) is 11.6 Å². The Morgan fingerprint density at radius 3 is 2.69 bits per heavy atom. The molecule has 1 saturated carbocycles. The second-order valence-electron chi connectivity index (χ2n) is 7.43. The molecule has 1 aliphatic rings. The van der Waals surface area contributed by atoms with Gasteiger partial charge in [-0.15, -0.1) is 0 Å². The molecule has 3 aromatic rings. The summed E-state index contributed by atoms with van der Waals surface area (Å²) in [6.45, 7) is 3.59. The lowest BCUT2D eigenvalue weighted by Crippen LogP contribution is -2.28. The van der Waals surface area contributed by atoms with E-state index in [2.05, 4.69) is 25.5 Å². The van der Waals surface area contributed by atoms with Crippen LogP contribution >= 0.6 is 0 Å². The molecule has 1 amide bonds. The van der Waals surface area contributed by atoms with Crippen LogP contribution in [0, 0.1) is 6.92 Å². The number of carbonyl (C=O) groups excluding carboxylic acids is 1. The second kappa shape index (κ2) is 6.75. The SMILES string of the molecule is Cc1c(C2(c3cccc(C(F)(F)F)c3)CC2)c[nH]c1C(=O)NC(C)c1ncn[nH]1. The number of benzene rings is 1. The molecule has 152 valence electrons. The molecule has 4 rings (SSSR count). The Balaban J connectivity index is 1.61. The number of rotatable bonds is 5. The van der Waals surface area contributed by atoms with E-state index in [-0.39, 0.29) is 11.9 Å². The number of H-pyrrole nitrogens is 2. The molecule has 3 N–H and O–H groups in total. The van der Waals surface area contributed by atoms with Gasteiger partial charge in [-0.05, 0) is 49.4 Å². The van der Waals surface area contributed by atoms with Gasteiger partial charge in [-0.1, -0.05) is 18.2 Å². The molecular weight excluding hydrogens is 383 g/mol. The fraction of sp³-hybridized carbons (Fsp3) is 0.350. The number of carbonyl (C=O) groups is 1. The summed E-state index contributed by atoms with van der Waals surface area (Å²) in [5.41, 5.74) is 1.46. The maximum atomic E-state index is 13.1. The zero-order valence-electron chi connectivity index (χ0n) is 15.9. The van der Waals surface area contributed by atoms with Crippen LogP contribution in [0.25, 0.3) is 0 Å². The van der Waals surface area contributed by atoms with E-state index in [1.165, 1.54) is 18.5 Å². The molecular formula is C20H20F3N5O. The van der Waals surface area contributed by atoms with Crippen molar-refractivity contribution in [2.45, 2.75) is 44.3 Å². The monoisotopic (exact) mass is 403 g/mol. The van der Waals surface area contributed by atoms with Crippen molar-refractivity contribution >= 4 is 5.91 Å². The molecule has 0 radical (unpaired) electrons. The number of amides is 1. The van der Waals surface area contributed by atoms with Crippen molar-refractivity contribution in [3.63, 3.8) is 0 Å². The average Bonchev–Trinajstić information content (AvgIpc) is 3.11. The Morgan fingerprint density at radius 2 is 2.07 bits per heavy atom. The van der Waals surface area contributed by atoms with Crippen LogP contribution in [0.1, 0.15) is 64.4 Å². The van der Waals surface area contributed by atoms with E-state index in [4.69, 9.17) is 0 Å². The third-order valence-electron chi connectivity index (χ3n) is 5.57. The normalized spacial score (nSPS) is 16.4. The summed E-state index contributed by atoms with van der Waals surface area (Å²) in [7, 11) is 0. The number of halogens is 3. The van der Waals surface area contributed by atoms with Gasteiger partial charge in [0.15, 0.2) is 0 Å². The number of hydrogen-bond acceptors (Lipinski definition) is 3. The molecule has 0 aliphatic heterocycles. The van der Waals surface area contributed by atoms with Crippen molar-refractivity contribution in [3.8, 4) is 0 Å². The molecule has 1 aliphatic carbocycles. The fourth-order valence-electron chi connectivity index (χ4n) is 3.82. The molecule has 1 aromatic carbocycles. The highest BCUT2D eigenvalue weighted by Gasteiger charge is 2.48. The third-order valence-corrected chi connectivity index (χ3v) is 5.57. The fourth-order valence-corrected chi connectivity index (χ4v) is 3.82. The smallest absolute Gasteiger partial charge is 0.357 e. The molecule has 29 heavy (non-hydrogen) atoms. The summed E-state index contributed by atoms with van der Waals surface area (Å²) in [5, 5.41) is 9.32. The molecule has 0 saturated heterocycles. The zero-order chi connectivity index (χ0) is 20.8. The maximum Gasteiger partial charge on any atom is 0.416 e. The third kappa shape index (κ3) is 3.41. The van der Waals surface area contributed by atoms with Gasteiger partial charge in [0.1, 0.15) is 17.8 Å². The van der Waals surface area contributed by atoms with Crippen molar-refractivity contribution in [2.75, 3.05) is 0 Å². The predicted octanol–water partition coefficient (Wildman–Crippen LogP) is 4.03. The van der Waals surface area contributed by atoms with Gasteiger partial charge < -0.3 is 10.3 Å². The molecule has 2 aromatic heterocycles. The summed E-state index contributed by atoms with van der Waals surface area (Å²) in [5.74, 6) is 0.225. The Labute approximate surface area is 164 Å². The van der Waals surface area contributed by atoms with Gasteiger partial charge in [-0.25, -0.2) is 4.98 Å². The number of nitrogens with zero attached hydrogens (tertiary/aromatic N) is 2. The van der Waals surface area contributed by atoms with Crippen molar-refractivity contribution in [2.24, 2.45) is 0 Å². The van der Waals surface area contributed by atoms with E-state index in [1.807, 2.05) is 6.92 Å². The van der Waals surface area contributed by atoms with Crippen molar-refractivity contribution in [3.05, 3.63) is 70.6 Å². The van der Waals surface area contributed by atoms with E-state index in [9.17, 15) is 18.0 Å². The van der Waals surface area contributed by atoms with Gasteiger partial charge in [0.25, 0.3) is 5.91 Å². The first-order valence-corrected chi connectivity index (χ1v) is 9.25. The molecule has 2 heterocycles. The van der Waals surface area contributed by atoms with E-state index in [0.29, 0.717) is 17.1 Å². The van der Waals surface area contributed by atoms with E-state index < -0.39 is 17.2 Å². The lowest BCUT2D eigenvalue weighted by Gasteiger charge is -2.18. The van der Waals surface area contributed by atoms with Crippen LogP contribution in [0.2, 0.25) is 0 Å². The summed E-state index contributed by atoms with van der Waals surface area (Å²) in [6, 6.07) is 5.08. The van der Waals surface area contributed by atoms with Crippen molar-refractivity contribution < 1.29 is 18.0 Å². The topological polar surface area (TPSA) is 86.5 Å². The summed E-state index contributed by atoms with van der Waals surface area (Å²) in [6.07, 6.45) is 0.185. The van der Waals surface area contributed by atoms with Gasteiger partial charge in [-0.2, -0.15) is 18.3 Å². The first-order valence-electron chi connectivity index (χ1n) is 9.25. The van der Waals surface area contributed by atoms with Crippen LogP contribution in [0.15, 0.2) is 36.8 Å². The first kappa shape index (κ1) is 19.2. The second-order valence-corrected chi connectivity index (χ2v) is 7.43. The quantitative estimate of drug-likeness (QED) is 0.601. The Morgan fingerprint density at radius 1 is 1.31 bits per heavy atom. The van der Waals surface area contributed by atoms with E-state index in [1.54, 1.807) is 19.2 Å².